The lowest BCUT2D eigenvalue weighted by Gasteiger charge is -2.19. The SMILES string of the molecule is COc1ccc(C(NC(=O)CCc2ccccc2F)C2CC2)cc1. The molecule has 0 spiro atoms. The van der Waals surface area contributed by atoms with Crippen molar-refractivity contribution < 1.29 is 13.9 Å². The summed E-state index contributed by atoms with van der Waals surface area (Å²) >= 11 is 0. The summed E-state index contributed by atoms with van der Waals surface area (Å²) in [6.45, 7) is 0. The molecule has 0 radical (unpaired) electrons. The second-order valence-electron chi connectivity index (χ2n) is 6.25. The van der Waals surface area contributed by atoms with Crippen molar-refractivity contribution in [3.05, 3.63) is 65.5 Å². The second kappa shape index (κ2) is 7.47. The maximum atomic E-state index is 13.6. The first kappa shape index (κ1) is 16.5. The zero-order valence-electron chi connectivity index (χ0n) is 13.8. The molecular weight excluding hydrogens is 305 g/mol. The van der Waals surface area contributed by atoms with Crippen LogP contribution in [0.2, 0.25) is 0 Å². The molecule has 0 aliphatic heterocycles. The molecule has 1 amide bonds. The van der Waals surface area contributed by atoms with Crippen LogP contribution in [0.3, 0.4) is 0 Å². The summed E-state index contributed by atoms with van der Waals surface area (Å²) in [5, 5.41) is 3.12. The van der Waals surface area contributed by atoms with E-state index in [0.717, 1.165) is 24.2 Å². The van der Waals surface area contributed by atoms with E-state index in [2.05, 4.69) is 5.32 Å². The van der Waals surface area contributed by atoms with Gasteiger partial charge in [-0.2, -0.15) is 0 Å². The number of benzene rings is 2. The Morgan fingerprint density at radius 1 is 1.21 bits per heavy atom. The standard InChI is InChI=1S/C20H22FNO2/c1-24-17-11-8-16(9-12-17)20(15-6-7-15)22-19(23)13-10-14-4-2-3-5-18(14)21/h2-5,8-9,11-12,15,20H,6-7,10,13H2,1H3,(H,22,23). The van der Waals surface area contributed by atoms with Gasteiger partial charge in [0.15, 0.2) is 0 Å². The van der Waals surface area contributed by atoms with Gasteiger partial charge in [-0.15, -0.1) is 0 Å². The monoisotopic (exact) mass is 327 g/mol. The van der Waals surface area contributed by atoms with Crippen LogP contribution in [0, 0.1) is 11.7 Å². The smallest absolute Gasteiger partial charge is 0.220 e. The lowest BCUT2D eigenvalue weighted by Crippen LogP contribution is -2.30. The number of halogens is 1. The minimum Gasteiger partial charge on any atom is -0.497 e. The Labute approximate surface area is 141 Å². The molecule has 1 atom stereocenters. The van der Waals surface area contributed by atoms with Crippen LogP contribution < -0.4 is 10.1 Å². The molecule has 0 saturated heterocycles. The summed E-state index contributed by atoms with van der Waals surface area (Å²) < 4.78 is 18.8. The highest BCUT2D eigenvalue weighted by Gasteiger charge is 2.33. The molecule has 2 aromatic rings. The second-order valence-corrected chi connectivity index (χ2v) is 6.25. The van der Waals surface area contributed by atoms with E-state index >= 15 is 0 Å². The molecule has 0 heterocycles. The highest BCUT2D eigenvalue weighted by Crippen LogP contribution is 2.41. The van der Waals surface area contributed by atoms with Crippen molar-refractivity contribution in [3.8, 4) is 5.75 Å². The maximum Gasteiger partial charge on any atom is 0.220 e. The van der Waals surface area contributed by atoms with Crippen molar-refractivity contribution in [2.75, 3.05) is 7.11 Å². The molecule has 1 aliphatic carbocycles. The largest absolute Gasteiger partial charge is 0.497 e. The predicted octanol–water partition coefficient (Wildman–Crippen LogP) is 4.03. The number of ether oxygens (including phenoxy) is 1. The fourth-order valence-electron chi connectivity index (χ4n) is 2.91. The number of methoxy groups -OCH3 is 1. The minimum atomic E-state index is -0.251. The average Bonchev–Trinajstić information content (AvgIpc) is 3.44. The van der Waals surface area contributed by atoms with E-state index in [4.69, 9.17) is 4.74 Å². The number of hydrogen-bond acceptors (Lipinski definition) is 2. The molecule has 1 saturated carbocycles. The van der Waals surface area contributed by atoms with Crippen molar-refractivity contribution in [2.45, 2.75) is 31.7 Å². The van der Waals surface area contributed by atoms with Gasteiger partial charge in [0.2, 0.25) is 5.91 Å². The quantitative estimate of drug-likeness (QED) is 0.833. The third kappa shape index (κ3) is 4.13. The first-order valence-corrected chi connectivity index (χ1v) is 8.34. The van der Waals surface area contributed by atoms with Gasteiger partial charge < -0.3 is 10.1 Å². The third-order valence-electron chi connectivity index (χ3n) is 4.46. The van der Waals surface area contributed by atoms with Gasteiger partial charge in [0.05, 0.1) is 13.2 Å². The Kier molecular flexibility index (Phi) is 5.14. The molecule has 3 rings (SSSR count). The summed E-state index contributed by atoms with van der Waals surface area (Å²) in [7, 11) is 1.64. The number of amides is 1. The van der Waals surface area contributed by atoms with E-state index in [1.807, 2.05) is 24.3 Å². The van der Waals surface area contributed by atoms with Gasteiger partial charge in [0.25, 0.3) is 0 Å². The summed E-state index contributed by atoms with van der Waals surface area (Å²) in [6.07, 6.45) is 2.97. The molecule has 3 nitrogen and oxygen atoms in total. The Hall–Kier alpha value is -2.36. The highest BCUT2D eigenvalue weighted by atomic mass is 19.1. The Morgan fingerprint density at radius 3 is 2.54 bits per heavy atom. The zero-order chi connectivity index (χ0) is 16.9. The van der Waals surface area contributed by atoms with Crippen molar-refractivity contribution >= 4 is 5.91 Å². The van der Waals surface area contributed by atoms with Crippen LogP contribution in [0.1, 0.15) is 36.4 Å². The first-order valence-electron chi connectivity index (χ1n) is 8.34. The molecule has 0 bridgehead atoms. The third-order valence-corrected chi connectivity index (χ3v) is 4.46. The minimum absolute atomic E-state index is 0.0315. The molecule has 4 heteroatoms. The van der Waals surface area contributed by atoms with Crippen LogP contribution in [-0.4, -0.2) is 13.0 Å². The number of rotatable bonds is 7. The van der Waals surface area contributed by atoms with Crippen LogP contribution in [0.25, 0.3) is 0 Å². The van der Waals surface area contributed by atoms with Gasteiger partial charge in [-0.3, -0.25) is 4.79 Å². The lowest BCUT2D eigenvalue weighted by atomic mass is 10.0. The van der Waals surface area contributed by atoms with Gasteiger partial charge >= 0.3 is 0 Å². The topological polar surface area (TPSA) is 38.3 Å². The summed E-state index contributed by atoms with van der Waals surface area (Å²) in [5.74, 6) is 1.01. The van der Waals surface area contributed by atoms with Crippen LogP contribution >= 0.6 is 0 Å². The zero-order valence-corrected chi connectivity index (χ0v) is 13.8. The average molecular weight is 327 g/mol. The number of nitrogens with one attached hydrogen (secondary N) is 1. The van der Waals surface area contributed by atoms with E-state index in [0.29, 0.717) is 24.3 Å². The Bertz CT molecular complexity index is 695. The summed E-state index contributed by atoms with van der Waals surface area (Å²) in [5.41, 5.74) is 1.68. The molecule has 0 aromatic heterocycles. The number of hydrogen-bond donors (Lipinski definition) is 1. The number of carbonyl (C=O) groups is 1. The van der Waals surface area contributed by atoms with E-state index in [9.17, 15) is 9.18 Å². The van der Waals surface area contributed by atoms with Crippen LogP contribution in [0.5, 0.6) is 5.75 Å². The molecule has 1 N–H and O–H groups in total. The lowest BCUT2D eigenvalue weighted by molar-refractivity contribution is -0.122. The fourth-order valence-corrected chi connectivity index (χ4v) is 2.91. The van der Waals surface area contributed by atoms with E-state index in [1.165, 1.54) is 6.07 Å². The van der Waals surface area contributed by atoms with Gasteiger partial charge in [0, 0.05) is 6.42 Å². The Balaban J connectivity index is 1.61. The van der Waals surface area contributed by atoms with Gasteiger partial charge in [-0.1, -0.05) is 30.3 Å². The molecule has 126 valence electrons. The van der Waals surface area contributed by atoms with Gasteiger partial charge in [0.1, 0.15) is 11.6 Å². The maximum absolute atomic E-state index is 13.6. The molecule has 1 aliphatic rings. The van der Waals surface area contributed by atoms with E-state index in [-0.39, 0.29) is 17.8 Å². The highest BCUT2D eigenvalue weighted by molar-refractivity contribution is 5.76. The Morgan fingerprint density at radius 2 is 1.92 bits per heavy atom. The van der Waals surface area contributed by atoms with E-state index < -0.39 is 0 Å². The summed E-state index contributed by atoms with van der Waals surface area (Å²) in [6, 6.07) is 14.5. The summed E-state index contributed by atoms with van der Waals surface area (Å²) in [4.78, 5) is 12.3. The molecule has 24 heavy (non-hydrogen) atoms. The molecule has 1 unspecified atom stereocenters. The van der Waals surface area contributed by atoms with Crippen molar-refractivity contribution in [1.82, 2.24) is 5.32 Å². The van der Waals surface area contributed by atoms with Gasteiger partial charge in [-0.25, -0.2) is 4.39 Å². The first-order chi connectivity index (χ1) is 11.7. The van der Waals surface area contributed by atoms with Gasteiger partial charge in [-0.05, 0) is 54.5 Å². The van der Waals surface area contributed by atoms with Crippen molar-refractivity contribution in [2.24, 2.45) is 5.92 Å². The van der Waals surface area contributed by atoms with Crippen LogP contribution in [-0.2, 0) is 11.2 Å². The number of carbonyl (C=O) groups excluding carboxylic acids is 1. The van der Waals surface area contributed by atoms with Crippen LogP contribution in [0.4, 0.5) is 4.39 Å². The molecule has 1 fully saturated rings. The molecule has 2 aromatic carbocycles. The van der Waals surface area contributed by atoms with Crippen molar-refractivity contribution in [3.63, 3.8) is 0 Å². The van der Waals surface area contributed by atoms with E-state index in [1.54, 1.807) is 25.3 Å². The van der Waals surface area contributed by atoms with Crippen molar-refractivity contribution in [1.29, 1.82) is 0 Å². The number of aryl methyl sites for hydroxylation is 1. The van der Waals surface area contributed by atoms with Crippen LogP contribution in [0.15, 0.2) is 48.5 Å². The fraction of sp³-hybridized carbons (Fsp3) is 0.350. The molecular formula is C20H22FNO2. The predicted molar refractivity (Wildman–Crippen MR) is 91.3 cm³/mol. The normalized spacial score (nSPS) is 14.9.